The fraction of sp³-hybridized carbons (Fsp3) is 0.217. The van der Waals surface area contributed by atoms with Gasteiger partial charge in [0.15, 0.2) is 16.9 Å². The Hall–Kier alpha value is -4.70. The van der Waals surface area contributed by atoms with Crippen LogP contribution in [0.15, 0.2) is 57.2 Å². The highest BCUT2D eigenvalue weighted by atomic mass is 16.5. The van der Waals surface area contributed by atoms with E-state index < -0.39 is 11.2 Å². The van der Waals surface area contributed by atoms with Crippen molar-refractivity contribution in [3.63, 3.8) is 0 Å². The number of nitrogens with zero attached hydrogens (tertiary/aromatic N) is 6. The Balaban J connectivity index is 1.99. The summed E-state index contributed by atoms with van der Waals surface area (Å²) in [5.41, 5.74) is 0.879. The topological polar surface area (TPSA) is 124 Å². The summed E-state index contributed by atoms with van der Waals surface area (Å²) < 4.78 is 8.99. The predicted molar refractivity (Wildman–Crippen MR) is 119 cm³/mol. The standard InChI is InChI=1S/C23H18N6O4/c1-27-21-19(22(30)28(23(27)31)12-6-11-25-32)29(14-16-7-3-2-4-8-16)20(26-21)17-9-5-10-18(13-17)33-15-24/h2-4,7-9,13H,6,11-12,14H2,1H3. The first kappa shape index (κ1) is 21.5. The molecule has 33 heavy (non-hydrogen) atoms. The number of hydrogen-bond acceptors (Lipinski definition) is 7. The van der Waals surface area contributed by atoms with Gasteiger partial charge in [-0.05, 0) is 24.1 Å². The van der Waals surface area contributed by atoms with Crippen molar-refractivity contribution >= 4 is 11.2 Å². The Kier molecular flexibility index (Phi) is 6.00. The number of hydrogen-bond donors (Lipinski definition) is 0. The summed E-state index contributed by atoms with van der Waals surface area (Å²) in [5, 5.41) is 11.6. The largest absolute Gasteiger partial charge is 0.379 e. The van der Waals surface area contributed by atoms with Crippen LogP contribution in [0.5, 0.6) is 5.75 Å². The molecule has 2 heterocycles. The third-order valence-corrected chi connectivity index (χ3v) is 5.17. The van der Waals surface area contributed by atoms with E-state index >= 15 is 0 Å². The highest BCUT2D eigenvalue weighted by Gasteiger charge is 2.21. The number of nitriles is 1. The second-order valence-electron chi connectivity index (χ2n) is 7.25. The van der Waals surface area contributed by atoms with E-state index in [0.29, 0.717) is 17.9 Å². The molecule has 0 atom stereocenters. The predicted octanol–water partition coefficient (Wildman–Crippen LogP) is 2.23. The summed E-state index contributed by atoms with van der Waals surface area (Å²) >= 11 is 0. The zero-order valence-electron chi connectivity index (χ0n) is 17.7. The lowest BCUT2D eigenvalue weighted by molar-refractivity contribution is 0.507. The molecule has 0 saturated heterocycles. The number of nitroso groups, excluding NO2 is 1. The van der Waals surface area contributed by atoms with Gasteiger partial charge in [0.1, 0.15) is 5.82 Å². The Morgan fingerprint density at radius 3 is 2.73 bits per heavy atom. The fourth-order valence-electron chi connectivity index (χ4n) is 3.64. The van der Waals surface area contributed by atoms with Gasteiger partial charge in [-0.2, -0.15) is 4.91 Å². The lowest BCUT2D eigenvalue weighted by Gasteiger charge is -2.11. The van der Waals surface area contributed by atoms with Crippen molar-refractivity contribution in [2.75, 3.05) is 6.54 Å². The molecule has 0 bridgehead atoms. The summed E-state index contributed by atoms with van der Waals surface area (Å²) in [4.78, 5) is 41.3. The molecule has 2 aromatic carbocycles. The fourth-order valence-corrected chi connectivity index (χ4v) is 3.64. The van der Waals surface area contributed by atoms with E-state index in [-0.39, 0.29) is 36.4 Å². The first-order valence-electron chi connectivity index (χ1n) is 10.1. The van der Waals surface area contributed by atoms with Crippen molar-refractivity contribution in [2.24, 2.45) is 12.2 Å². The molecule has 0 radical (unpaired) electrons. The third-order valence-electron chi connectivity index (χ3n) is 5.17. The maximum atomic E-state index is 13.4. The van der Waals surface area contributed by atoms with E-state index in [4.69, 9.17) is 10.00 Å². The molecule has 0 saturated carbocycles. The van der Waals surface area contributed by atoms with E-state index in [1.165, 1.54) is 11.6 Å². The van der Waals surface area contributed by atoms with Gasteiger partial charge in [0.25, 0.3) is 11.8 Å². The Morgan fingerprint density at radius 2 is 2.00 bits per heavy atom. The number of fused-ring (bicyclic) bond motifs is 1. The second-order valence-corrected chi connectivity index (χ2v) is 7.25. The molecule has 0 aliphatic heterocycles. The first-order chi connectivity index (χ1) is 16.0. The Labute approximate surface area is 187 Å². The molecule has 0 fully saturated rings. The summed E-state index contributed by atoms with van der Waals surface area (Å²) in [6.07, 6.45) is 1.86. The number of imidazole rings is 1. The summed E-state index contributed by atoms with van der Waals surface area (Å²) in [5.74, 6) is 0.558. The van der Waals surface area contributed by atoms with Crippen LogP contribution < -0.4 is 16.0 Å². The SMILES string of the molecule is Cn1c(=O)n(CCCN=O)c(=O)c2c1nc(-c1cc#cc(OC#N)c1)n2Cc1ccccc1. The van der Waals surface area contributed by atoms with E-state index in [0.717, 1.165) is 10.1 Å². The number of benzene rings is 1. The highest BCUT2D eigenvalue weighted by Crippen LogP contribution is 2.25. The van der Waals surface area contributed by atoms with E-state index in [9.17, 15) is 14.5 Å². The van der Waals surface area contributed by atoms with Crippen molar-refractivity contribution < 1.29 is 4.74 Å². The molecule has 10 nitrogen and oxygen atoms in total. The summed E-state index contributed by atoms with van der Waals surface area (Å²) in [6, 6.07) is 18.2. The quantitative estimate of drug-likeness (QED) is 0.234. The van der Waals surface area contributed by atoms with Crippen LogP contribution >= 0.6 is 0 Å². The highest BCUT2D eigenvalue weighted by molar-refractivity contribution is 5.77. The number of aryl methyl sites for hydroxylation is 1. The van der Waals surface area contributed by atoms with Crippen LogP contribution in [-0.2, 0) is 20.1 Å². The van der Waals surface area contributed by atoms with E-state index in [1.807, 2.05) is 30.3 Å². The molecule has 0 unspecified atom stereocenters. The third kappa shape index (κ3) is 4.10. The average molecular weight is 442 g/mol. The van der Waals surface area contributed by atoms with Crippen molar-refractivity contribution in [3.05, 3.63) is 85.9 Å². The lowest BCUT2D eigenvalue weighted by Crippen LogP contribution is -2.39. The van der Waals surface area contributed by atoms with Crippen molar-refractivity contribution in [3.8, 4) is 23.4 Å². The summed E-state index contributed by atoms with van der Waals surface area (Å²) in [7, 11) is 1.54. The van der Waals surface area contributed by atoms with Gasteiger partial charge in [0.05, 0.1) is 6.54 Å². The van der Waals surface area contributed by atoms with Crippen LogP contribution in [-0.4, -0.2) is 25.2 Å². The molecular weight excluding hydrogens is 424 g/mol. The Bertz CT molecular complexity index is 1480. The average Bonchev–Trinajstić information content (AvgIpc) is 3.20. The molecule has 0 spiro atoms. The summed E-state index contributed by atoms with van der Waals surface area (Å²) in [6.45, 7) is 0.372. The molecule has 2 aromatic heterocycles. The molecule has 0 amide bonds. The van der Waals surface area contributed by atoms with Gasteiger partial charge in [-0.15, -0.1) is 5.26 Å². The monoisotopic (exact) mass is 442 g/mol. The molecule has 4 rings (SSSR count). The van der Waals surface area contributed by atoms with Gasteiger partial charge in [-0.1, -0.05) is 41.6 Å². The van der Waals surface area contributed by atoms with Crippen LogP contribution in [0, 0.1) is 28.6 Å². The van der Waals surface area contributed by atoms with Gasteiger partial charge in [0, 0.05) is 31.8 Å². The van der Waals surface area contributed by atoms with Gasteiger partial charge in [0.2, 0.25) is 0 Å². The second kappa shape index (κ2) is 9.20. The van der Waals surface area contributed by atoms with E-state index in [2.05, 4.69) is 22.3 Å². The minimum atomic E-state index is -0.532. The van der Waals surface area contributed by atoms with Crippen LogP contribution in [0.2, 0.25) is 0 Å². The van der Waals surface area contributed by atoms with Crippen LogP contribution in [0.4, 0.5) is 0 Å². The van der Waals surface area contributed by atoms with Crippen LogP contribution in [0.3, 0.4) is 0 Å². The van der Waals surface area contributed by atoms with Gasteiger partial charge < -0.3 is 9.30 Å². The molecule has 164 valence electrons. The number of rotatable bonds is 8. The van der Waals surface area contributed by atoms with Crippen molar-refractivity contribution in [1.82, 2.24) is 18.7 Å². The molecule has 4 aromatic rings. The molecule has 0 N–H and O–H groups in total. The van der Waals surface area contributed by atoms with Gasteiger partial charge in [-0.25, -0.2) is 9.78 Å². The van der Waals surface area contributed by atoms with Crippen LogP contribution in [0.25, 0.3) is 22.6 Å². The number of ether oxygens (including phenoxy) is 1. The Morgan fingerprint density at radius 1 is 1.21 bits per heavy atom. The smallest absolute Gasteiger partial charge is 0.332 e. The zero-order chi connectivity index (χ0) is 23.4. The minimum absolute atomic E-state index is 0.000177. The normalized spacial score (nSPS) is 10.5. The van der Waals surface area contributed by atoms with E-state index in [1.54, 1.807) is 23.0 Å². The zero-order valence-corrected chi connectivity index (χ0v) is 17.7. The van der Waals surface area contributed by atoms with Crippen molar-refractivity contribution in [1.29, 1.82) is 5.26 Å². The van der Waals surface area contributed by atoms with Crippen LogP contribution in [0.1, 0.15) is 12.0 Å². The molecule has 0 aliphatic rings. The first-order valence-corrected chi connectivity index (χ1v) is 10.1. The molecular formula is C23H18N6O4. The minimum Gasteiger partial charge on any atom is -0.379 e. The van der Waals surface area contributed by atoms with Gasteiger partial charge in [-0.3, -0.25) is 13.9 Å². The maximum Gasteiger partial charge on any atom is 0.332 e. The molecule has 0 aliphatic carbocycles. The lowest BCUT2D eigenvalue weighted by atomic mass is 10.2. The van der Waals surface area contributed by atoms with Crippen molar-refractivity contribution in [2.45, 2.75) is 19.5 Å². The van der Waals surface area contributed by atoms with Gasteiger partial charge >= 0.3 is 5.69 Å². The number of aromatic nitrogens is 4. The maximum absolute atomic E-state index is 13.4. The molecule has 10 heteroatoms.